The predicted octanol–water partition coefficient (Wildman–Crippen LogP) is 0.690. The molecular weight excluding hydrogens is 287 g/mol. The third kappa shape index (κ3) is 3.71. The van der Waals surface area contributed by atoms with Gasteiger partial charge in [0.2, 0.25) is 0 Å². The van der Waals surface area contributed by atoms with Crippen LogP contribution in [0.15, 0.2) is 18.2 Å². The summed E-state index contributed by atoms with van der Waals surface area (Å²) >= 11 is 4.79. The standard InChI is InChI=1S/C12H15FN2O2S2/c13-11-2-1-9(7-10(11)12(14)18)8-15-3-5-19(16,17)6-4-15/h1-2,7H,3-6,8H2,(H2,14,18). The van der Waals surface area contributed by atoms with Crippen LogP contribution >= 0.6 is 12.2 Å². The molecule has 0 bridgehead atoms. The number of nitrogens with zero attached hydrogens (tertiary/aromatic N) is 1. The number of halogens is 1. The van der Waals surface area contributed by atoms with Gasteiger partial charge in [0.15, 0.2) is 9.84 Å². The van der Waals surface area contributed by atoms with Crippen LogP contribution in [0.1, 0.15) is 11.1 Å². The molecule has 0 unspecified atom stereocenters. The van der Waals surface area contributed by atoms with Crippen molar-refractivity contribution in [1.82, 2.24) is 4.90 Å². The fourth-order valence-electron chi connectivity index (χ4n) is 2.03. The summed E-state index contributed by atoms with van der Waals surface area (Å²) in [5.74, 6) is -0.0790. The summed E-state index contributed by atoms with van der Waals surface area (Å²) in [5, 5.41) is 0. The van der Waals surface area contributed by atoms with E-state index in [1.807, 2.05) is 4.90 Å². The lowest BCUT2D eigenvalue weighted by molar-refractivity contribution is 0.287. The number of hydrogen-bond acceptors (Lipinski definition) is 4. The lowest BCUT2D eigenvalue weighted by Gasteiger charge is -2.26. The van der Waals surface area contributed by atoms with E-state index in [0.717, 1.165) is 5.56 Å². The molecule has 1 aliphatic heterocycles. The SMILES string of the molecule is NC(=S)c1cc(CN2CCS(=O)(=O)CC2)ccc1F. The van der Waals surface area contributed by atoms with Crippen molar-refractivity contribution in [2.75, 3.05) is 24.6 Å². The van der Waals surface area contributed by atoms with E-state index in [1.54, 1.807) is 12.1 Å². The molecule has 0 aliphatic carbocycles. The second-order valence-electron chi connectivity index (χ2n) is 4.61. The first-order valence-corrected chi connectivity index (χ1v) is 8.11. The van der Waals surface area contributed by atoms with Gasteiger partial charge in [-0.15, -0.1) is 0 Å². The van der Waals surface area contributed by atoms with Crippen LogP contribution in [0.2, 0.25) is 0 Å². The molecule has 0 saturated carbocycles. The van der Waals surface area contributed by atoms with E-state index in [2.05, 4.69) is 0 Å². The maximum absolute atomic E-state index is 13.4. The lowest BCUT2D eigenvalue weighted by Crippen LogP contribution is -2.39. The molecule has 7 heteroatoms. The first kappa shape index (κ1) is 14.4. The molecule has 4 nitrogen and oxygen atoms in total. The van der Waals surface area contributed by atoms with Gasteiger partial charge in [-0.25, -0.2) is 12.8 Å². The van der Waals surface area contributed by atoms with Gasteiger partial charge in [0.05, 0.1) is 11.5 Å². The Hall–Kier alpha value is -1.05. The zero-order valence-electron chi connectivity index (χ0n) is 10.3. The molecule has 1 heterocycles. The molecule has 1 aromatic rings. The molecule has 1 fully saturated rings. The van der Waals surface area contributed by atoms with Crippen LogP contribution in [0.4, 0.5) is 4.39 Å². The maximum atomic E-state index is 13.4. The summed E-state index contributed by atoms with van der Waals surface area (Å²) in [7, 11) is -2.88. The Labute approximate surface area is 117 Å². The molecule has 19 heavy (non-hydrogen) atoms. The van der Waals surface area contributed by atoms with Crippen LogP contribution in [-0.2, 0) is 16.4 Å². The first-order valence-electron chi connectivity index (χ1n) is 5.88. The third-order valence-electron chi connectivity index (χ3n) is 3.14. The van der Waals surface area contributed by atoms with E-state index in [0.29, 0.717) is 19.6 Å². The van der Waals surface area contributed by atoms with Gasteiger partial charge in [-0.3, -0.25) is 4.90 Å². The average molecular weight is 302 g/mol. The van der Waals surface area contributed by atoms with Gasteiger partial charge < -0.3 is 5.73 Å². The van der Waals surface area contributed by atoms with Crippen molar-refractivity contribution in [1.29, 1.82) is 0 Å². The zero-order valence-corrected chi connectivity index (χ0v) is 11.9. The summed E-state index contributed by atoms with van der Waals surface area (Å²) in [4.78, 5) is 2.05. The van der Waals surface area contributed by atoms with Crippen molar-refractivity contribution in [2.45, 2.75) is 6.54 Å². The van der Waals surface area contributed by atoms with Crippen molar-refractivity contribution >= 4 is 27.0 Å². The van der Waals surface area contributed by atoms with E-state index in [4.69, 9.17) is 18.0 Å². The Kier molecular flexibility index (Phi) is 4.17. The van der Waals surface area contributed by atoms with Gasteiger partial charge in [-0.1, -0.05) is 18.3 Å². The number of benzene rings is 1. The highest BCUT2D eigenvalue weighted by Gasteiger charge is 2.21. The van der Waals surface area contributed by atoms with Crippen LogP contribution in [-0.4, -0.2) is 42.9 Å². The van der Waals surface area contributed by atoms with E-state index in [1.165, 1.54) is 6.07 Å². The Morgan fingerprint density at radius 2 is 2.00 bits per heavy atom. The Morgan fingerprint density at radius 1 is 1.37 bits per heavy atom. The smallest absolute Gasteiger partial charge is 0.152 e. The molecule has 104 valence electrons. The van der Waals surface area contributed by atoms with Crippen LogP contribution < -0.4 is 5.73 Å². The molecule has 0 amide bonds. The molecule has 1 saturated heterocycles. The van der Waals surface area contributed by atoms with Gasteiger partial charge >= 0.3 is 0 Å². The lowest BCUT2D eigenvalue weighted by atomic mass is 10.1. The fraction of sp³-hybridized carbons (Fsp3) is 0.417. The van der Waals surface area contributed by atoms with Crippen LogP contribution in [0.5, 0.6) is 0 Å². The molecular formula is C12H15FN2O2S2. The quantitative estimate of drug-likeness (QED) is 0.832. The topological polar surface area (TPSA) is 63.4 Å². The molecule has 1 aliphatic rings. The normalized spacial score (nSPS) is 19.2. The minimum absolute atomic E-state index is 0.0283. The number of rotatable bonds is 3. The molecule has 1 aromatic carbocycles. The maximum Gasteiger partial charge on any atom is 0.152 e. The van der Waals surface area contributed by atoms with Crippen molar-refractivity contribution in [3.8, 4) is 0 Å². The summed E-state index contributed by atoms with van der Waals surface area (Å²) in [6.07, 6.45) is 0. The van der Waals surface area contributed by atoms with E-state index < -0.39 is 15.7 Å². The minimum atomic E-state index is -2.88. The van der Waals surface area contributed by atoms with Gasteiger partial charge in [0.1, 0.15) is 10.8 Å². The Balaban J connectivity index is 2.08. The predicted molar refractivity (Wildman–Crippen MR) is 76.2 cm³/mol. The second-order valence-corrected chi connectivity index (χ2v) is 7.35. The Morgan fingerprint density at radius 3 is 2.58 bits per heavy atom. The monoisotopic (exact) mass is 302 g/mol. The van der Waals surface area contributed by atoms with Crippen molar-refractivity contribution in [3.63, 3.8) is 0 Å². The molecule has 0 atom stereocenters. The highest BCUT2D eigenvalue weighted by molar-refractivity contribution is 7.91. The molecule has 0 aromatic heterocycles. The second kappa shape index (κ2) is 5.52. The van der Waals surface area contributed by atoms with E-state index in [9.17, 15) is 12.8 Å². The average Bonchev–Trinajstić information content (AvgIpc) is 2.34. The highest BCUT2D eigenvalue weighted by Crippen LogP contribution is 2.14. The van der Waals surface area contributed by atoms with Crippen LogP contribution in [0.25, 0.3) is 0 Å². The minimum Gasteiger partial charge on any atom is -0.389 e. The number of sulfone groups is 1. The summed E-state index contributed by atoms with van der Waals surface area (Å²) in [6.45, 7) is 1.58. The van der Waals surface area contributed by atoms with Crippen LogP contribution in [0, 0.1) is 5.82 Å². The van der Waals surface area contributed by atoms with Crippen molar-refractivity contribution in [3.05, 3.63) is 35.1 Å². The van der Waals surface area contributed by atoms with Crippen molar-refractivity contribution in [2.24, 2.45) is 5.73 Å². The van der Waals surface area contributed by atoms with Crippen LogP contribution in [0.3, 0.4) is 0 Å². The zero-order chi connectivity index (χ0) is 14.0. The van der Waals surface area contributed by atoms with E-state index >= 15 is 0 Å². The largest absolute Gasteiger partial charge is 0.389 e. The number of nitrogens with two attached hydrogens (primary N) is 1. The number of hydrogen-bond donors (Lipinski definition) is 1. The van der Waals surface area contributed by atoms with Gasteiger partial charge in [0.25, 0.3) is 0 Å². The summed E-state index contributed by atoms with van der Waals surface area (Å²) < 4.78 is 36.1. The summed E-state index contributed by atoms with van der Waals surface area (Å²) in [5.41, 5.74) is 6.56. The van der Waals surface area contributed by atoms with Gasteiger partial charge in [-0.05, 0) is 17.7 Å². The van der Waals surface area contributed by atoms with Crippen molar-refractivity contribution < 1.29 is 12.8 Å². The molecule has 0 spiro atoms. The molecule has 0 radical (unpaired) electrons. The third-order valence-corrected chi connectivity index (χ3v) is 4.97. The van der Waals surface area contributed by atoms with E-state index in [-0.39, 0.29) is 22.1 Å². The molecule has 2 rings (SSSR count). The Bertz CT molecular complexity index is 588. The first-order chi connectivity index (χ1) is 8.87. The highest BCUT2D eigenvalue weighted by atomic mass is 32.2. The van der Waals surface area contributed by atoms with Gasteiger partial charge in [0, 0.05) is 25.2 Å². The summed E-state index contributed by atoms with van der Waals surface area (Å²) in [6, 6.07) is 4.63. The van der Waals surface area contributed by atoms with Gasteiger partial charge in [-0.2, -0.15) is 0 Å². The molecule has 2 N–H and O–H groups in total. The fourth-order valence-corrected chi connectivity index (χ4v) is 3.46. The number of thiocarbonyl (C=S) groups is 1.